The van der Waals surface area contributed by atoms with Gasteiger partial charge in [-0.3, -0.25) is 19.3 Å². The van der Waals surface area contributed by atoms with Crippen LogP contribution in [-0.2, 0) is 25.5 Å². The number of amides is 2. The molecule has 1 aliphatic carbocycles. The fourth-order valence-corrected chi connectivity index (χ4v) is 4.34. The predicted molar refractivity (Wildman–Crippen MR) is 111 cm³/mol. The van der Waals surface area contributed by atoms with E-state index in [2.05, 4.69) is 10.1 Å². The van der Waals surface area contributed by atoms with Gasteiger partial charge in [0.15, 0.2) is 6.61 Å². The van der Waals surface area contributed by atoms with Gasteiger partial charge in [-0.15, -0.1) is 0 Å². The molecule has 2 aliphatic rings. The van der Waals surface area contributed by atoms with Gasteiger partial charge in [0.05, 0.1) is 17.8 Å². The van der Waals surface area contributed by atoms with Gasteiger partial charge in [0.2, 0.25) is 0 Å². The number of alkyl halides is 2. The summed E-state index contributed by atoms with van der Waals surface area (Å²) >= 11 is 0. The van der Waals surface area contributed by atoms with Crippen LogP contribution in [0.2, 0.25) is 0 Å². The Bertz CT molecular complexity index is 1020. The fraction of sp³-hybridized carbons (Fsp3) is 0.348. The average Bonchev–Trinajstić information content (AvgIpc) is 3.24. The van der Waals surface area contributed by atoms with Crippen LogP contribution in [0.5, 0.6) is 5.75 Å². The average molecular weight is 444 g/mol. The highest BCUT2D eigenvalue weighted by Crippen LogP contribution is 2.45. The number of halogens is 2. The topological polar surface area (TPSA) is 84.9 Å². The molecule has 0 radical (unpaired) electrons. The minimum absolute atomic E-state index is 0.0174. The first kappa shape index (κ1) is 21.7. The summed E-state index contributed by atoms with van der Waals surface area (Å²) in [4.78, 5) is 39.8. The van der Waals surface area contributed by atoms with Gasteiger partial charge in [-0.05, 0) is 42.7 Å². The maximum atomic E-state index is 13.2. The molecule has 1 saturated carbocycles. The molecule has 0 bridgehead atoms. The van der Waals surface area contributed by atoms with E-state index in [1.807, 2.05) is 0 Å². The molecule has 168 valence electrons. The number of nitrogens with one attached hydrogen (secondary N) is 1. The first-order chi connectivity index (χ1) is 15.4. The molecule has 32 heavy (non-hydrogen) atoms. The molecule has 1 aliphatic heterocycles. The first-order valence-corrected chi connectivity index (χ1v) is 10.3. The summed E-state index contributed by atoms with van der Waals surface area (Å²) in [5.41, 5.74) is 0.683. The predicted octanol–water partition coefficient (Wildman–Crippen LogP) is 3.67. The van der Waals surface area contributed by atoms with Crippen LogP contribution in [0.15, 0.2) is 48.5 Å². The van der Waals surface area contributed by atoms with Crippen molar-refractivity contribution in [2.24, 2.45) is 0 Å². The summed E-state index contributed by atoms with van der Waals surface area (Å²) in [6, 6.07) is 12.6. The Kier molecular flexibility index (Phi) is 6.07. The van der Waals surface area contributed by atoms with Crippen LogP contribution in [0, 0.1) is 0 Å². The third-order valence-electron chi connectivity index (χ3n) is 5.78. The van der Waals surface area contributed by atoms with E-state index in [0.29, 0.717) is 29.8 Å². The number of hydrogen-bond acceptors (Lipinski definition) is 5. The van der Waals surface area contributed by atoms with Crippen LogP contribution in [-0.4, -0.2) is 36.5 Å². The molecule has 2 amide bonds. The number of carbonyl (C=O) groups is 3. The van der Waals surface area contributed by atoms with E-state index in [0.717, 1.165) is 12.8 Å². The Balaban J connectivity index is 1.43. The molecule has 0 unspecified atom stereocenters. The highest BCUT2D eigenvalue weighted by molar-refractivity contribution is 6.15. The number of fused-ring (bicyclic) bond motifs is 1. The Morgan fingerprint density at radius 3 is 2.44 bits per heavy atom. The van der Waals surface area contributed by atoms with Crippen LogP contribution in [0.3, 0.4) is 0 Å². The number of nitrogens with zero attached hydrogens (tertiary/aromatic N) is 1. The fourth-order valence-electron chi connectivity index (χ4n) is 4.34. The van der Waals surface area contributed by atoms with E-state index >= 15 is 0 Å². The number of rotatable bonds is 6. The highest BCUT2D eigenvalue weighted by Gasteiger charge is 2.52. The van der Waals surface area contributed by atoms with Gasteiger partial charge in [-0.2, -0.15) is 8.78 Å². The van der Waals surface area contributed by atoms with E-state index in [9.17, 15) is 23.2 Å². The number of benzene rings is 2. The lowest BCUT2D eigenvalue weighted by Crippen LogP contribution is -2.61. The molecule has 2 aromatic rings. The number of ether oxygens (including phenoxy) is 2. The standard InChI is InChI=1S/C23H22F2N2O5/c24-22(25)32-16-9-7-15(8-10-16)13-20(29)31-14-19(28)27-18-6-2-1-5-17(18)26-21(30)23(27)11-3-4-12-23/h1-2,5-10,22H,3-4,11-14H2,(H,26,30). The molecule has 0 aromatic heterocycles. The molecule has 4 rings (SSSR count). The second kappa shape index (κ2) is 8.94. The lowest BCUT2D eigenvalue weighted by atomic mass is 9.90. The number of esters is 1. The van der Waals surface area contributed by atoms with Crippen molar-refractivity contribution in [3.63, 3.8) is 0 Å². The van der Waals surface area contributed by atoms with E-state index in [4.69, 9.17) is 4.74 Å². The molecule has 7 nitrogen and oxygen atoms in total. The summed E-state index contributed by atoms with van der Waals surface area (Å²) in [6.07, 6.45) is 2.60. The monoisotopic (exact) mass is 444 g/mol. The molecule has 0 saturated heterocycles. The Labute approximate surface area is 183 Å². The van der Waals surface area contributed by atoms with Gasteiger partial charge in [0.25, 0.3) is 11.8 Å². The normalized spacial score (nSPS) is 16.6. The van der Waals surface area contributed by atoms with Crippen molar-refractivity contribution in [2.75, 3.05) is 16.8 Å². The van der Waals surface area contributed by atoms with Gasteiger partial charge in [-0.1, -0.05) is 37.1 Å². The zero-order valence-electron chi connectivity index (χ0n) is 17.2. The van der Waals surface area contributed by atoms with Gasteiger partial charge in [0.1, 0.15) is 11.3 Å². The van der Waals surface area contributed by atoms with Crippen molar-refractivity contribution in [1.29, 1.82) is 0 Å². The SMILES string of the molecule is O=C(Cc1ccc(OC(F)F)cc1)OCC(=O)N1c2ccccc2NC(=O)C12CCCC2. The Hall–Kier alpha value is -3.49. The summed E-state index contributed by atoms with van der Waals surface area (Å²) < 4.78 is 33.9. The lowest BCUT2D eigenvalue weighted by Gasteiger charge is -2.44. The second-order valence-electron chi connectivity index (χ2n) is 7.80. The third-order valence-corrected chi connectivity index (χ3v) is 5.78. The number of para-hydroxylation sites is 2. The number of carbonyl (C=O) groups excluding carboxylic acids is 3. The molecular formula is C23H22F2N2O5. The van der Waals surface area contributed by atoms with Crippen molar-refractivity contribution < 1.29 is 32.6 Å². The lowest BCUT2D eigenvalue weighted by molar-refractivity contribution is -0.147. The van der Waals surface area contributed by atoms with Crippen LogP contribution in [0.1, 0.15) is 31.2 Å². The zero-order valence-corrected chi connectivity index (χ0v) is 17.2. The molecule has 0 atom stereocenters. The largest absolute Gasteiger partial charge is 0.455 e. The molecular weight excluding hydrogens is 422 g/mol. The van der Waals surface area contributed by atoms with Crippen molar-refractivity contribution in [3.05, 3.63) is 54.1 Å². The van der Waals surface area contributed by atoms with Crippen LogP contribution in [0.4, 0.5) is 20.2 Å². The van der Waals surface area contributed by atoms with E-state index in [-0.39, 0.29) is 18.1 Å². The van der Waals surface area contributed by atoms with Crippen molar-refractivity contribution in [1.82, 2.24) is 0 Å². The second-order valence-corrected chi connectivity index (χ2v) is 7.80. The van der Waals surface area contributed by atoms with Crippen molar-refractivity contribution in [3.8, 4) is 5.75 Å². The minimum atomic E-state index is -2.93. The molecule has 1 fully saturated rings. The molecule has 1 N–H and O–H groups in total. The smallest absolute Gasteiger partial charge is 0.387 e. The van der Waals surface area contributed by atoms with Gasteiger partial charge in [0, 0.05) is 0 Å². The van der Waals surface area contributed by atoms with Gasteiger partial charge >= 0.3 is 12.6 Å². The summed E-state index contributed by atoms with van der Waals surface area (Å²) in [7, 11) is 0. The van der Waals surface area contributed by atoms with E-state index in [1.165, 1.54) is 29.2 Å². The molecule has 2 aromatic carbocycles. The third kappa shape index (κ3) is 4.28. The quantitative estimate of drug-likeness (QED) is 0.688. The molecule has 1 spiro atoms. The zero-order chi connectivity index (χ0) is 22.7. The van der Waals surface area contributed by atoms with Gasteiger partial charge < -0.3 is 14.8 Å². The first-order valence-electron chi connectivity index (χ1n) is 10.3. The molecule has 1 heterocycles. The summed E-state index contributed by atoms with van der Waals surface area (Å²) in [6.45, 7) is -3.43. The van der Waals surface area contributed by atoms with Gasteiger partial charge in [-0.25, -0.2) is 0 Å². The Morgan fingerprint density at radius 2 is 1.75 bits per heavy atom. The van der Waals surface area contributed by atoms with E-state index < -0.39 is 30.6 Å². The van der Waals surface area contributed by atoms with Crippen LogP contribution >= 0.6 is 0 Å². The number of hydrogen-bond donors (Lipinski definition) is 1. The number of anilines is 2. The molecule has 9 heteroatoms. The summed E-state index contributed by atoms with van der Waals surface area (Å²) in [5.74, 6) is -1.35. The minimum Gasteiger partial charge on any atom is -0.455 e. The van der Waals surface area contributed by atoms with Crippen molar-refractivity contribution >= 4 is 29.2 Å². The highest BCUT2D eigenvalue weighted by atomic mass is 19.3. The maximum Gasteiger partial charge on any atom is 0.387 e. The van der Waals surface area contributed by atoms with Crippen molar-refractivity contribution in [2.45, 2.75) is 44.3 Å². The summed E-state index contributed by atoms with van der Waals surface area (Å²) in [5, 5.41) is 2.89. The Morgan fingerprint density at radius 1 is 1.06 bits per heavy atom. The van der Waals surface area contributed by atoms with Crippen LogP contribution in [0.25, 0.3) is 0 Å². The van der Waals surface area contributed by atoms with E-state index in [1.54, 1.807) is 24.3 Å². The maximum absolute atomic E-state index is 13.2. The van der Waals surface area contributed by atoms with Crippen LogP contribution < -0.4 is 15.0 Å².